The number of nitrogens with zero attached hydrogens (tertiary/aromatic N) is 3. The lowest BCUT2D eigenvalue weighted by molar-refractivity contribution is -0.384. The van der Waals surface area contributed by atoms with Gasteiger partial charge >= 0.3 is 0 Å². The average molecular weight is 446 g/mol. The number of thioether (sulfide) groups is 1. The molecule has 1 unspecified atom stereocenters. The van der Waals surface area contributed by atoms with Crippen molar-refractivity contribution in [3.8, 4) is 5.75 Å². The molecule has 3 rings (SSSR count). The van der Waals surface area contributed by atoms with Gasteiger partial charge in [-0.2, -0.15) is 0 Å². The number of nitro groups is 1. The van der Waals surface area contributed by atoms with Gasteiger partial charge < -0.3 is 15.4 Å². The Kier molecular flexibility index (Phi) is 6.85. The summed E-state index contributed by atoms with van der Waals surface area (Å²) in [5.74, 6) is 0.00824. The summed E-state index contributed by atoms with van der Waals surface area (Å²) in [6.07, 6.45) is 0. The maximum Gasteiger partial charge on any atom is 0.271 e. The van der Waals surface area contributed by atoms with Gasteiger partial charge in [-0.05, 0) is 37.6 Å². The summed E-state index contributed by atoms with van der Waals surface area (Å²) in [4.78, 5) is 23.0. The normalized spacial score (nSPS) is 11.6. The zero-order valence-corrected chi connectivity index (χ0v) is 18.0. The molecule has 1 heterocycles. The van der Waals surface area contributed by atoms with Crippen LogP contribution in [0.25, 0.3) is 0 Å². The second kappa shape index (κ2) is 9.55. The Morgan fingerprint density at radius 2 is 2.07 bits per heavy atom. The van der Waals surface area contributed by atoms with Crippen molar-refractivity contribution >= 4 is 51.2 Å². The van der Waals surface area contributed by atoms with Gasteiger partial charge in [-0.3, -0.25) is 14.9 Å². The molecule has 2 aromatic carbocycles. The van der Waals surface area contributed by atoms with E-state index >= 15 is 0 Å². The van der Waals surface area contributed by atoms with Gasteiger partial charge in [-0.15, -0.1) is 10.2 Å². The van der Waals surface area contributed by atoms with Crippen LogP contribution in [0, 0.1) is 17.0 Å². The zero-order valence-electron chi connectivity index (χ0n) is 16.4. The smallest absolute Gasteiger partial charge is 0.271 e. The van der Waals surface area contributed by atoms with Crippen LogP contribution in [-0.2, 0) is 4.79 Å². The van der Waals surface area contributed by atoms with E-state index < -0.39 is 10.2 Å². The fourth-order valence-corrected chi connectivity index (χ4v) is 4.42. The van der Waals surface area contributed by atoms with Crippen LogP contribution in [0.5, 0.6) is 5.75 Å². The first kappa shape index (κ1) is 21.5. The number of anilines is 3. The molecule has 0 bridgehead atoms. The lowest BCUT2D eigenvalue weighted by Gasteiger charge is -2.13. The lowest BCUT2D eigenvalue weighted by Crippen LogP contribution is -2.22. The van der Waals surface area contributed by atoms with Gasteiger partial charge in [0.15, 0.2) is 4.34 Å². The van der Waals surface area contributed by atoms with E-state index in [4.69, 9.17) is 4.74 Å². The van der Waals surface area contributed by atoms with Crippen LogP contribution in [0.4, 0.5) is 22.2 Å². The first-order valence-electron chi connectivity index (χ1n) is 8.83. The number of carbonyl (C=O) groups is 1. The molecular weight excluding hydrogens is 426 g/mol. The molecule has 3 aromatic rings. The predicted molar refractivity (Wildman–Crippen MR) is 118 cm³/mol. The van der Waals surface area contributed by atoms with Crippen molar-refractivity contribution in [1.82, 2.24) is 10.2 Å². The SMILES string of the molecule is COc1ccc([N+](=O)[O-])cc1NC(=O)C(C)Sc1nnc(Nc2cccc(C)c2)s1. The van der Waals surface area contributed by atoms with Crippen LogP contribution in [0.15, 0.2) is 46.8 Å². The van der Waals surface area contributed by atoms with Gasteiger partial charge in [0.25, 0.3) is 5.69 Å². The van der Waals surface area contributed by atoms with Gasteiger partial charge in [-0.1, -0.05) is 35.2 Å². The molecule has 9 nitrogen and oxygen atoms in total. The van der Waals surface area contributed by atoms with E-state index in [0.717, 1.165) is 11.3 Å². The Morgan fingerprint density at radius 1 is 1.27 bits per heavy atom. The molecule has 11 heteroatoms. The highest BCUT2D eigenvalue weighted by Crippen LogP contribution is 2.33. The molecule has 0 aliphatic heterocycles. The maximum absolute atomic E-state index is 12.6. The Balaban J connectivity index is 1.64. The number of non-ortho nitro benzene ring substituents is 1. The van der Waals surface area contributed by atoms with Crippen molar-refractivity contribution in [2.75, 3.05) is 17.7 Å². The number of aryl methyl sites for hydroxylation is 1. The number of aromatic nitrogens is 2. The average Bonchev–Trinajstić information content (AvgIpc) is 3.14. The summed E-state index contributed by atoms with van der Waals surface area (Å²) < 4.78 is 5.80. The topological polar surface area (TPSA) is 119 Å². The third-order valence-electron chi connectivity index (χ3n) is 3.97. The molecule has 30 heavy (non-hydrogen) atoms. The highest BCUT2D eigenvalue weighted by Gasteiger charge is 2.20. The predicted octanol–water partition coefficient (Wildman–Crippen LogP) is 4.63. The molecule has 1 atom stereocenters. The molecule has 0 spiro atoms. The van der Waals surface area contributed by atoms with Gasteiger partial charge in [0, 0.05) is 17.8 Å². The molecule has 0 aliphatic rings. The van der Waals surface area contributed by atoms with Crippen molar-refractivity contribution < 1.29 is 14.5 Å². The third kappa shape index (κ3) is 5.45. The quantitative estimate of drug-likeness (QED) is 0.293. The number of methoxy groups -OCH3 is 1. The monoisotopic (exact) mass is 445 g/mol. The Bertz CT molecular complexity index is 1070. The van der Waals surface area contributed by atoms with E-state index in [2.05, 4.69) is 20.8 Å². The van der Waals surface area contributed by atoms with Crippen molar-refractivity contribution in [2.24, 2.45) is 0 Å². The molecule has 0 saturated heterocycles. The van der Waals surface area contributed by atoms with E-state index in [1.165, 1.54) is 48.4 Å². The minimum absolute atomic E-state index is 0.137. The number of nitro benzene ring substituents is 1. The van der Waals surface area contributed by atoms with E-state index in [1.54, 1.807) is 6.92 Å². The van der Waals surface area contributed by atoms with Crippen LogP contribution < -0.4 is 15.4 Å². The molecule has 0 aliphatic carbocycles. The minimum atomic E-state index is -0.530. The molecule has 156 valence electrons. The highest BCUT2D eigenvalue weighted by atomic mass is 32.2. The van der Waals surface area contributed by atoms with Crippen LogP contribution >= 0.6 is 23.1 Å². The van der Waals surface area contributed by atoms with E-state index in [0.29, 0.717) is 15.2 Å². The largest absolute Gasteiger partial charge is 0.495 e. The summed E-state index contributed by atoms with van der Waals surface area (Å²) in [6.45, 7) is 3.72. The van der Waals surface area contributed by atoms with Gasteiger partial charge in [0.1, 0.15) is 5.75 Å². The summed E-state index contributed by atoms with van der Waals surface area (Å²) in [6, 6.07) is 11.9. The maximum atomic E-state index is 12.6. The number of ether oxygens (including phenoxy) is 1. The molecule has 1 aromatic heterocycles. The second-order valence-electron chi connectivity index (χ2n) is 6.26. The fraction of sp³-hybridized carbons (Fsp3) is 0.211. The zero-order chi connectivity index (χ0) is 21.7. The summed E-state index contributed by atoms with van der Waals surface area (Å²) in [5, 5.41) is 25.2. The van der Waals surface area contributed by atoms with Crippen LogP contribution in [0.1, 0.15) is 12.5 Å². The van der Waals surface area contributed by atoms with E-state index in [9.17, 15) is 14.9 Å². The molecule has 0 saturated carbocycles. The molecule has 0 fully saturated rings. The highest BCUT2D eigenvalue weighted by molar-refractivity contribution is 8.02. The van der Waals surface area contributed by atoms with Crippen molar-refractivity contribution in [2.45, 2.75) is 23.4 Å². The Morgan fingerprint density at radius 3 is 2.77 bits per heavy atom. The molecule has 1 amide bonds. The van der Waals surface area contributed by atoms with Crippen LogP contribution in [-0.4, -0.2) is 33.4 Å². The fourth-order valence-electron chi connectivity index (χ4n) is 2.50. The number of carbonyl (C=O) groups excluding carboxylic acids is 1. The molecule has 0 radical (unpaired) electrons. The Labute approximate surface area is 181 Å². The minimum Gasteiger partial charge on any atom is -0.495 e. The number of amides is 1. The van der Waals surface area contributed by atoms with E-state index in [1.807, 2.05) is 31.2 Å². The summed E-state index contributed by atoms with van der Waals surface area (Å²) in [5.41, 5.74) is 2.14. The number of hydrogen-bond donors (Lipinski definition) is 2. The first-order chi connectivity index (χ1) is 14.4. The number of hydrogen-bond acceptors (Lipinski definition) is 9. The van der Waals surface area contributed by atoms with Crippen LogP contribution in [0.2, 0.25) is 0 Å². The standard InChI is InChI=1S/C19H19N5O4S2/c1-11-5-4-6-13(9-11)20-18-22-23-19(30-18)29-12(2)17(25)21-15-10-14(24(26)27)7-8-16(15)28-3/h4-10,12H,1-3H3,(H,20,22)(H,21,25). The molecule has 2 N–H and O–H groups in total. The lowest BCUT2D eigenvalue weighted by atomic mass is 10.2. The van der Waals surface area contributed by atoms with Gasteiger partial charge in [-0.25, -0.2) is 0 Å². The Hall–Kier alpha value is -3.18. The number of nitrogens with one attached hydrogen (secondary N) is 2. The van der Waals surface area contributed by atoms with Gasteiger partial charge in [0.2, 0.25) is 11.0 Å². The van der Waals surface area contributed by atoms with Crippen molar-refractivity contribution in [3.63, 3.8) is 0 Å². The van der Waals surface area contributed by atoms with Gasteiger partial charge in [0.05, 0.1) is 23.0 Å². The first-order valence-corrected chi connectivity index (χ1v) is 10.5. The molecular formula is C19H19N5O4S2. The van der Waals surface area contributed by atoms with Crippen molar-refractivity contribution in [3.05, 3.63) is 58.1 Å². The number of rotatable bonds is 8. The summed E-state index contributed by atoms with van der Waals surface area (Å²) in [7, 11) is 1.43. The second-order valence-corrected chi connectivity index (χ2v) is 8.82. The van der Waals surface area contributed by atoms with E-state index in [-0.39, 0.29) is 17.3 Å². The number of benzene rings is 2. The van der Waals surface area contributed by atoms with Crippen LogP contribution in [0.3, 0.4) is 0 Å². The summed E-state index contributed by atoms with van der Waals surface area (Å²) >= 11 is 2.58. The van der Waals surface area contributed by atoms with Crippen molar-refractivity contribution in [1.29, 1.82) is 0 Å². The third-order valence-corrected chi connectivity index (χ3v) is 6.00.